The van der Waals surface area contributed by atoms with Crippen LogP contribution in [0.2, 0.25) is 0 Å². The van der Waals surface area contributed by atoms with Crippen molar-refractivity contribution >= 4 is 27.0 Å². The van der Waals surface area contributed by atoms with Crippen LogP contribution < -0.4 is 0 Å². The van der Waals surface area contributed by atoms with Crippen LogP contribution in [0, 0.1) is 0 Å². The van der Waals surface area contributed by atoms with E-state index in [2.05, 4.69) is 38.1 Å². The predicted octanol–water partition coefficient (Wildman–Crippen LogP) is 3.20. The largest absolute Gasteiger partial charge is 0.264 e. The van der Waals surface area contributed by atoms with Gasteiger partial charge in [0.1, 0.15) is 5.52 Å². The van der Waals surface area contributed by atoms with Crippen LogP contribution in [0.1, 0.15) is 18.5 Å². The van der Waals surface area contributed by atoms with Crippen LogP contribution in [0.15, 0.2) is 47.2 Å². The molecule has 0 N–H and O–H groups in total. The van der Waals surface area contributed by atoms with Gasteiger partial charge in [-0.1, -0.05) is 27.2 Å². The van der Waals surface area contributed by atoms with Crippen LogP contribution in [-0.2, 0) is 0 Å². The number of aromatic nitrogens is 4. The van der Waals surface area contributed by atoms with E-state index in [9.17, 15) is 0 Å². The van der Waals surface area contributed by atoms with Crippen molar-refractivity contribution < 1.29 is 0 Å². The van der Waals surface area contributed by atoms with Crippen LogP contribution in [0.5, 0.6) is 0 Å². The summed E-state index contributed by atoms with van der Waals surface area (Å²) in [7, 11) is 0. The molecule has 0 aliphatic rings. The molecule has 0 saturated carbocycles. The third-order valence-corrected chi connectivity index (χ3v) is 3.46. The first-order valence-corrected chi connectivity index (χ1v) is 6.45. The number of benzene rings is 1. The van der Waals surface area contributed by atoms with Gasteiger partial charge in [-0.25, -0.2) is 4.68 Å². The highest BCUT2D eigenvalue weighted by atomic mass is 79.9. The molecule has 90 valence electrons. The van der Waals surface area contributed by atoms with E-state index >= 15 is 0 Å². The smallest absolute Gasteiger partial charge is 0.113 e. The van der Waals surface area contributed by atoms with Gasteiger partial charge in [-0.15, -0.1) is 5.10 Å². The van der Waals surface area contributed by atoms with Crippen LogP contribution in [0.4, 0.5) is 0 Å². The van der Waals surface area contributed by atoms with Crippen molar-refractivity contribution in [2.75, 3.05) is 0 Å². The summed E-state index contributed by atoms with van der Waals surface area (Å²) in [5, 5.41) is 8.41. The third kappa shape index (κ3) is 1.90. The minimum atomic E-state index is 0.109. The molecule has 0 amide bonds. The Bertz CT molecular complexity index is 678. The molecule has 2 aromatic heterocycles. The predicted molar refractivity (Wildman–Crippen MR) is 73.3 cm³/mol. The highest BCUT2D eigenvalue weighted by Gasteiger charge is 2.13. The van der Waals surface area contributed by atoms with Crippen molar-refractivity contribution in [3.05, 3.63) is 52.8 Å². The number of hydrogen-bond donors (Lipinski definition) is 0. The minimum Gasteiger partial charge on any atom is -0.264 e. The maximum atomic E-state index is 4.23. The molecule has 18 heavy (non-hydrogen) atoms. The summed E-state index contributed by atoms with van der Waals surface area (Å²) >= 11 is 3.48. The van der Waals surface area contributed by atoms with Gasteiger partial charge in [-0.3, -0.25) is 4.98 Å². The van der Waals surface area contributed by atoms with Crippen molar-refractivity contribution in [1.29, 1.82) is 0 Å². The summed E-state index contributed by atoms with van der Waals surface area (Å²) in [6, 6.07) is 10.0. The Hall–Kier alpha value is -1.75. The third-order valence-electron chi connectivity index (χ3n) is 2.97. The molecular formula is C13H11BrN4. The van der Waals surface area contributed by atoms with Crippen molar-refractivity contribution in [1.82, 2.24) is 20.0 Å². The summed E-state index contributed by atoms with van der Waals surface area (Å²) in [6.45, 7) is 2.09. The molecule has 0 fully saturated rings. The van der Waals surface area contributed by atoms with Crippen LogP contribution in [0.3, 0.4) is 0 Å². The molecule has 0 saturated heterocycles. The van der Waals surface area contributed by atoms with E-state index in [1.54, 1.807) is 6.20 Å². The fourth-order valence-corrected chi connectivity index (χ4v) is 2.31. The SMILES string of the molecule is C[C@H](c1cccnc1)n1nnc2ccc(Br)cc21. The molecule has 4 nitrogen and oxygen atoms in total. The van der Waals surface area contributed by atoms with Gasteiger partial charge in [0.2, 0.25) is 0 Å². The Kier molecular flexibility index (Phi) is 2.83. The number of rotatable bonds is 2. The summed E-state index contributed by atoms with van der Waals surface area (Å²) in [6.07, 6.45) is 3.63. The molecule has 3 aromatic rings. The van der Waals surface area contributed by atoms with Gasteiger partial charge in [0.25, 0.3) is 0 Å². The monoisotopic (exact) mass is 302 g/mol. The Morgan fingerprint density at radius 3 is 2.94 bits per heavy atom. The zero-order valence-electron chi connectivity index (χ0n) is 9.79. The molecule has 1 aromatic carbocycles. The lowest BCUT2D eigenvalue weighted by molar-refractivity contribution is 0.558. The fraction of sp³-hybridized carbons (Fsp3) is 0.154. The van der Waals surface area contributed by atoms with Gasteiger partial charge in [0.15, 0.2) is 0 Å². The number of nitrogens with zero attached hydrogens (tertiary/aromatic N) is 4. The summed E-state index contributed by atoms with van der Waals surface area (Å²) < 4.78 is 2.94. The number of hydrogen-bond acceptors (Lipinski definition) is 3. The number of pyridine rings is 1. The van der Waals surface area contributed by atoms with Crippen LogP contribution in [0.25, 0.3) is 11.0 Å². The second kappa shape index (κ2) is 4.49. The highest BCUT2D eigenvalue weighted by Crippen LogP contribution is 2.23. The van der Waals surface area contributed by atoms with E-state index in [0.29, 0.717) is 0 Å². The lowest BCUT2D eigenvalue weighted by Gasteiger charge is -2.12. The average molecular weight is 303 g/mol. The summed E-state index contributed by atoms with van der Waals surface area (Å²) in [5.41, 5.74) is 3.03. The molecule has 0 aliphatic carbocycles. The molecule has 0 bridgehead atoms. The first kappa shape index (κ1) is 11.3. The van der Waals surface area contributed by atoms with Crippen molar-refractivity contribution in [3.8, 4) is 0 Å². The molecule has 2 heterocycles. The van der Waals surface area contributed by atoms with Gasteiger partial charge in [-0.05, 0) is 36.8 Å². The Balaban J connectivity index is 2.12. The first-order valence-electron chi connectivity index (χ1n) is 5.66. The number of halogens is 1. The normalized spacial score (nSPS) is 12.8. The van der Waals surface area contributed by atoms with Gasteiger partial charge >= 0.3 is 0 Å². The topological polar surface area (TPSA) is 43.6 Å². The van der Waals surface area contributed by atoms with E-state index in [0.717, 1.165) is 21.1 Å². The minimum absolute atomic E-state index is 0.109. The standard InChI is InChI=1S/C13H11BrN4/c1-9(10-3-2-6-15-8-10)18-13-7-11(14)4-5-12(13)16-17-18/h2-9H,1H3/t9-/m1/s1. The van der Waals surface area contributed by atoms with E-state index in [4.69, 9.17) is 0 Å². The maximum absolute atomic E-state index is 4.23. The molecule has 0 radical (unpaired) electrons. The van der Waals surface area contributed by atoms with Crippen molar-refractivity contribution in [2.24, 2.45) is 0 Å². The zero-order chi connectivity index (χ0) is 12.5. The molecular weight excluding hydrogens is 292 g/mol. The second-order valence-electron chi connectivity index (χ2n) is 4.13. The molecule has 0 unspecified atom stereocenters. The Morgan fingerprint density at radius 2 is 2.17 bits per heavy atom. The second-order valence-corrected chi connectivity index (χ2v) is 5.05. The molecule has 3 rings (SSSR count). The first-order chi connectivity index (χ1) is 8.75. The highest BCUT2D eigenvalue weighted by molar-refractivity contribution is 9.10. The Morgan fingerprint density at radius 1 is 1.28 bits per heavy atom. The van der Waals surface area contributed by atoms with Crippen LogP contribution in [-0.4, -0.2) is 20.0 Å². The van der Waals surface area contributed by atoms with E-state index < -0.39 is 0 Å². The average Bonchev–Trinajstić information content (AvgIpc) is 2.82. The quantitative estimate of drug-likeness (QED) is 0.730. The fourth-order valence-electron chi connectivity index (χ4n) is 1.96. The maximum Gasteiger partial charge on any atom is 0.113 e. The van der Waals surface area contributed by atoms with E-state index in [1.807, 2.05) is 41.2 Å². The Labute approximate surface area is 113 Å². The molecule has 0 spiro atoms. The van der Waals surface area contributed by atoms with Gasteiger partial charge in [-0.2, -0.15) is 0 Å². The summed E-state index contributed by atoms with van der Waals surface area (Å²) in [5.74, 6) is 0. The van der Waals surface area contributed by atoms with E-state index in [1.165, 1.54) is 0 Å². The van der Waals surface area contributed by atoms with Gasteiger partial charge in [0, 0.05) is 16.9 Å². The van der Waals surface area contributed by atoms with E-state index in [-0.39, 0.29) is 6.04 Å². The zero-order valence-corrected chi connectivity index (χ0v) is 11.4. The van der Waals surface area contributed by atoms with Crippen molar-refractivity contribution in [3.63, 3.8) is 0 Å². The van der Waals surface area contributed by atoms with Gasteiger partial charge < -0.3 is 0 Å². The molecule has 0 aliphatic heterocycles. The molecule has 1 atom stereocenters. The van der Waals surface area contributed by atoms with Crippen molar-refractivity contribution in [2.45, 2.75) is 13.0 Å². The lowest BCUT2D eigenvalue weighted by Crippen LogP contribution is -2.08. The summed E-state index contributed by atoms with van der Waals surface area (Å²) in [4.78, 5) is 4.14. The lowest BCUT2D eigenvalue weighted by atomic mass is 10.1. The molecule has 5 heteroatoms. The van der Waals surface area contributed by atoms with Gasteiger partial charge in [0.05, 0.1) is 11.6 Å². The van der Waals surface area contributed by atoms with Crippen LogP contribution >= 0.6 is 15.9 Å². The number of fused-ring (bicyclic) bond motifs is 1.